The lowest BCUT2D eigenvalue weighted by molar-refractivity contribution is 0.164. The fraction of sp³-hybridized carbons (Fsp3) is 0.300. The Morgan fingerprint density at radius 2 is 2.36 bits per heavy atom. The van der Waals surface area contributed by atoms with Crippen LogP contribution in [0, 0.1) is 0 Å². The summed E-state index contributed by atoms with van der Waals surface area (Å²) in [6, 6.07) is 3.50. The number of H-pyrrole nitrogens is 1. The molecule has 4 N–H and O–H groups in total. The molecule has 2 aromatic heterocycles. The number of aliphatic hydroxyl groups is 1. The van der Waals surface area contributed by atoms with Gasteiger partial charge in [0, 0.05) is 17.8 Å². The number of pyridine rings is 1. The van der Waals surface area contributed by atoms with Crippen LogP contribution in [-0.4, -0.2) is 21.2 Å². The number of hydrogen-bond donors (Lipinski definition) is 3. The Bertz CT molecular complexity index is 436. The first-order valence-electron chi connectivity index (χ1n) is 4.55. The molecule has 0 aliphatic carbocycles. The van der Waals surface area contributed by atoms with Crippen molar-refractivity contribution < 1.29 is 5.11 Å². The first-order chi connectivity index (χ1) is 6.68. The van der Waals surface area contributed by atoms with Gasteiger partial charge in [0.15, 0.2) is 0 Å². The second kappa shape index (κ2) is 3.40. The van der Waals surface area contributed by atoms with Gasteiger partial charge in [-0.1, -0.05) is 0 Å². The summed E-state index contributed by atoms with van der Waals surface area (Å²) in [7, 11) is 0. The molecule has 2 atom stereocenters. The van der Waals surface area contributed by atoms with Gasteiger partial charge in [-0.15, -0.1) is 0 Å². The van der Waals surface area contributed by atoms with Crippen molar-refractivity contribution in [3.05, 3.63) is 30.1 Å². The molecule has 14 heavy (non-hydrogen) atoms. The van der Waals surface area contributed by atoms with E-state index in [1.807, 2.05) is 18.3 Å². The maximum absolute atomic E-state index is 9.34. The van der Waals surface area contributed by atoms with Crippen molar-refractivity contribution >= 4 is 11.0 Å². The fourth-order valence-corrected chi connectivity index (χ4v) is 1.42. The van der Waals surface area contributed by atoms with E-state index in [-0.39, 0.29) is 6.04 Å². The van der Waals surface area contributed by atoms with E-state index in [4.69, 9.17) is 5.73 Å². The Hall–Kier alpha value is -1.39. The van der Waals surface area contributed by atoms with Gasteiger partial charge in [0.25, 0.3) is 0 Å². The highest BCUT2D eigenvalue weighted by atomic mass is 16.3. The van der Waals surface area contributed by atoms with Crippen molar-refractivity contribution in [2.45, 2.75) is 19.1 Å². The van der Waals surface area contributed by atoms with Crippen LogP contribution in [0.1, 0.15) is 18.5 Å². The molecule has 0 unspecified atom stereocenters. The molecule has 0 aromatic carbocycles. The molecule has 2 rings (SSSR count). The second-order valence-electron chi connectivity index (χ2n) is 3.45. The van der Waals surface area contributed by atoms with Gasteiger partial charge in [0.2, 0.25) is 0 Å². The highest BCUT2D eigenvalue weighted by Gasteiger charge is 2.12. The molecule has 0 amide bonds. The van der Waals surface area contributed by atoms with Crippen LogP contribution in [0.2, 0.25) is 0 Å². The summed E-state index contributed by atoms with van der Waals surface area (Å²) < 4.78 is 0. The van der Waals surface area contributed by atoms with Gasteiger partial charge in [-0.25, -0.2) is 4.98 Å². The number of fused-ring (bicyclic) bond motifs is 1. The van der Waals surface area contributed by atoms with Crippen LogP contribution in [0.15, 0.2) is 24.5 Å². The van der Waals surface area contributed by atoms with Crippen molar-refractivity contribution in [1.82, 2.24) is 9.97 Å². The molecule has 2 aromatic rings. The minimum atomic E-state index is -0.562. The molecule has 2 heterocycles. The Balaban J connectivity index is 2.43. The van der Waals surface area contributed by atoms with E-state index >= 15 is 0 Å². The maximum atomic E-state index is 9.34. The third kappa shape index (κ3) is 1.49. The molecule has 0 spiro atoms. The number of rotatable bonds is 2. The summed E-state index contributed by atoms with van der Waals surface area (Å²) in [5.74, 6) is 0. The van der Waals surface area contributed by atoms with Crippen molar-refractivity contribution in [2.75, 3.05) is 0 Å². The lowest BCUT2D eigenvalue weighted by atomic mass is 10.1. The molecular weight excluding hydrogens is 178 g/mol. The summed E-state index contributed by atoms with van der Waals surface area (Å²) in [6.45, 7) is 1.67. The molecule has 0 saturated heterocycles. The van der Waals surface area contributed by atoms with Crippen molar-refractivity contribution in [1.29, 1.82) is 0 Å². The van der Waals surface area contributed by atoms with Crippen LogP contribution in [0.3, 0.4) is 0 Å². The van der Waals surface area contributed by atoms with E-state index in [9.17, 15) is 5.11 Å². The number of nitrogens with zero attached hydrogens (tertiary/aromatic N) is 1. The normalized spacial score (nSPS) is 15.6. The van der Waals surface area contributed by atoms with E-state index in [1.165, 1.54) is 0 Å². The van der Waals surface area contributed by atoms with Gasteiger partial charge >= 0.3 is 0 Å². The first kappa shape index (κ1) is 9.18. The summed E-state index contributed by atoms with van der Waals surface area (Å²) >= 11 is 0. The third-order valence-corrected chi connectivity index (χ3v) is 2.33. The molecule has 0 bridgehead atoms. The van der Waals surface area contributed by atoms with E-state index in [0.717, 1.165) is 16.6 Å². The summed E-state index contributed by atoms with van der Waals surface area (Å²) in [5, 5.41) is 10.3. The Morgan fingerprint density at radius 1 is 1.57 bits per heavy atom. The zero-order chi connectivity index (χ0) is 10.1. The van der Waals surface area contributed by atoms with Gasteiger partial charge in [0.1, 0.15) is 5.65 Å². The van der Waals surface area contributed by atoms with Crippen LogP contribution in [0.4, 0.5) is 0 Å². The van der Waals surface area contributed by atoms with Crippen LogP contribution < -0.4 is 5.73 Å². The van der Waals surface area contributed by atoms with Crippen LogP contribution in [-0.2, 0) is 0 Å². The van der Waals surface area contributed by atoms with Gasteiger partial charge in [-0.05, 0) is 24.6 Å². The topological polar surface area (TPSA) is 74.9 Å². The lowest BCUT2D eigenvalue weighted by Crippen LogP contribution is -2.23. The van der Waals surface area contributed by atoms with E-state index in [2.05, 4.69) is 9.97 Å². The average Bonchev–Trinajstić information content (AvgIpc) is 2.62. The van der Waals surface area contributed by atoms with Crippen molar-refractivity contribution in [3.63, 3.8) is 0 Å². The number of aromatic nitrogens is 2. The Kier molecular flexibility index (Phi) is 2.23. The average molecular weight is 191 g/mol. The van der Waals surface area contributed by atoms with Crippen molar-refractivity contribution in [3.8, 4) is 0 Å². The molecule has 0 radical (unpaired) electrons. The molecular formula is C10H13N3O. The zero-order valence-electron chi connectivity index (χ0n) is 7.94. The molecule has 0 aliphatic rings. The SMILES string of the molecule is C[C@H](O)[C@@H](N)c1cnc2[nH]ccc2c1. The number of aromatic amines is 1. The van der Waals surface area contributed by atoms with Crippen molar-refractivity contribution in [2.24, 2.45) is 5.73 Å². The fourth-order valence-electron chi connectivity index (χ4n) is 1.42. The zero-order valence-corrected chi connectivity index (χ0v) is 7.94. The Morgan fingerprint density at radius 3 is 3.07 bits per heavy atom. The maximum Gasteiger partial charge on any atom is 0.137 e. The van der Waals surface area contributed by atoms with Crippen LogP contribution in [0.25, 0.3) is 11.0 Å². The minimum absolute atomic E-state index is 0.373. The number of nitrogens with two attached hydrogens (primary N) is 1. The van der Waals surface area contributed by atoms with Crippen LogP contribution >= 0.6 is 0 Å². The molecule has 74 valence electrons. The monoisotopic (exact) mass is 191 g/mol. The first-order valence-corrected chi connectivity index (χ1v) is 4.55. The Labute approximate surface area is 81.8 Å². The summed E-state index contributed by atoms with van der Waals surface area (Å²) in [5.41, 5.74) is 7.49. The van der Waals surface area contributed by atoms with Gasteiger partial charge in [0.05, 0.1) is 12.1 Å². The largest absolute Gasteiger partial charge is 0.391 e. The van der Waals surface area contributed by atoms with Gasteiger partial charge in [-0.2, -0.15) is 0 Å². The van der Waals surface area contributed by atoms with Crippen LogP contribution in [0.5, 0.6) is 0 Å². The predicted molar refractivity (Wildman–Crippen MR) is 54.7 cm³/mol. The highest BCUT2D eigenvalue weighted by Crippen LogP contribution is 2.17. The number of nitrogens with one attached hydrogen (secondary N) is 1. The molecule has 0 saturated carbocycles. The van der Waals surface area contributed by atoms with Gasteiger partial charge in [-0.3, -0.25) is 0 Å². The summed E-state index contributed by atoms with van der Waals surface area (Å²) in [4.78, 5) is 7.20. The smallest absolute Gasteiger partial charge is 0.137 e. The third-order valence-electron chi connectivity index (χ3n) is 2.33. The number of aliphatic hydroxyl groups excluding tert-OH is 1. The molecule has 4 nitrogen and oxygen atoms in total. The van der Waals surface area contributed by atoms with E-state index in [0.29, 0.717) is 0 Å². The quantitative estimate of drug-likeness (QED) is 0.661. The minimum Gasteiger partial charge on any atom is -0.391 e. The van der Waals surface area contributed by atoms with Gasteiger partial charge < -0.3 is 15.8 Å². The summed E-state index contributed by atoms with van der Waals surface area (Å²) in [6.07, 6.45) is 2.96. The van der Waals surface area contributed by atoms with E-state index in [1.54, 1.807) is 13.1 Å². The molecule has 0 aliphatic heterocycles. The standard InChI is InChI=1S/C10H13N3O/c1-6(14)9(11)8-4-7-2-3-12-10(7)13-5-8/h2-6,9,14H,11H2,1H3,(H,12,13)/t6-,9+/m0/s1. The second-order valence-corrected chi connectivity index (χ2v) is 3.45. The van der Waals surface area contributed by atoms with E-state index < -0.39 is 6.10 Å². The number of hydrogen-bond acceptors (Lipinski definition) is 3. The lowest BCUT2D eigenvalue weighted by Gasteiger charge is -2.14. The molecule has 4 heteroatoms. The highest BCUT2D eigenvalue weighted by molar-refractivity contribution is 5.75. The predicted octanol–water partition coefficient (Wildman–Crippen LogP) is 0.944. The molecule has 0 fully saturated rings.